The largest absolute Gasteiger partial charge is 0.480 e. The predicted octanol–water partition coefficient (Wildman–Crippen LogP) is 3.81. The molecule has 0 aliphatic carbocycles. The molecule has 1 aliphatic heterocycles. The maximum absolute atomic E-state index is 12.8. The fourth-order valence-corrected chi connectivity index (χ4v) is 3.89. The summed E-state index contributed by atoms with van der Waals surface area (Å²) < 4.78 is 38.4. The van der Waals surface area contributed by atoms with Crippen LogP contribution < -0.4 is 4.90 Å². The Morgan fingerprint density at radius 1 is 1.03 bits per heavy atom. The highest BCUT2D eigenvalue weighted by atomic mass is 19.4. The number of halogens is 3. The Bertz CT molecular complexity index is 1120. The summed E-state index contributed by atoms with van der Waals surface area (Å²) in [5.41, 5.74) is 0.821. The number of rotatable bonds is 5. The molecule has 1 saturated heterocycles. The number of alkyl halides is 3. The molecule has 7 nitrogen and oxygen atoms in total. The summed E-state index contributed by atoms with van der Waals surface area (Å²) in [6.07, 6.45) is -3.39. The van der Waals surface area contributed by atoms with E-state index < -0.39 is 23.9 Å². The van der Waals surface area contributed by atoms with E-state index in [4.69, 9.17) is 0 Å². The topological polar surface area (TPSA) is 82.5 Å². The lowest BCUT2D eigenvalue weighted by molar-refractivity contribution is -0.144. The average Bonchev–Trinajstić information content (AvgIpc) is 2.79. The highest BCUT2D eigenvalue weighted by molar-refractivity contribution is 5.75. The SMILES string of the molecule is Cc1cc(N2CCN(C(C(=O)O)c3ccccc3)CC2)nc(-c2ccc(C(F)(F)F)nc2)n1. The van der Waals surface area contributed by atoms with Crippen LogP contribution in [-0.2, 0) is 11.0 Å². The number of benzene rings is 1. The molecule has 0 saturated carbocycles. The quantitative estimate of drug-likeness (QED) is 0.624. The van der Waals surface area contributed by atoms with Crippen LogP contribution in [0.4, 0.5) is 19.0 Å². The van der Waals surface area contributed by atoms with Gasteiger partial charge in [0.15, 0.2) is 5.82 Å². The Kier molecular flexibility index (Phi) is 6.28. The van der Waals surface area contributed by atoms with E-state index in [2.05, 4.69) is 15.0 Å². The zero-order valence-corrected chi connectivity index (χ0v) is 17.8. The monoisotopic (exact) mass is 457 g/mol. The first kappa shape index (κ1) is 22.7. The molecule has 1 N–H and O–H groups in total. The molecular formula is C23H22F3N5O2. The Balaban J connectivity index is 1.51. The molecule has 10 heteroatoms. The molecule has 3 aromatic rings. The van der Waals surface area contributed by atoms with Crippen LogP contribution in [0.3, 0.4) is 0 Å². The first-order chi connectivity index (χ1) is 15.7. The molecule has 1 unspecified atom stereocenters. The van der Waals surface area contributed by atoms with Gasteiger partial charge in [0.05, 0.1) is 0 Å². The normalized spacial score (nSPS) is 15.9. The second-order valence-corrected chi connectivity index (χ2v) is 7.80. The van der Waals surface area contributed by atoms with Crippen molar-refractivity contribution in [3.8, 4) is 11.4 Å². The molecule has 2 aromatic heterocycles. The van der Waals surface area contributed by atoms with Crippen molar-refractivity contribution in [2.24, 2.45) is 0 Å². The number of carboxylic acid groups (broad SMARTS) is 1. The number of nitrogens with zero attached hydrogens (tertiary/aromatic N) is 5. The van der Waals surface area contributed by atoms with Gasteiger partial charge in [-0.15, -0.1) is 0 Å². The number of hydrogen-bond acceptors (Lipinski definition) is 6. The standard InChI is InChI=1S/C23H22F3N5O2/c1-15-13-19(29-21(28-15)17-7-8-18(27-14-17)23(24,25)26)30-9-11-31(12-10-30)20(22(32)33)16-5-3-2-4-6-16/h2-8,13-14,20H,9-12H2,1H3,(H,32,33). The van der Waals surface area contributed by atoms with Crippen molar-refractivity contribution in [2.45, 2.75) is 19.1 Å². The summed E-state index contributed by atoms with van der Waals surface area (Å²) in [6, 6.07) is 12.4. The van der Waals surface area contributed by atoms with Gasteiger partial charge in [0, 0.05) is 49.7 Å². The molecule has 33 heavy (non-hydrogen) atoms. The number of aryl methyl sites for hydroxylation is 1. The van der Waals surface area contributed by atoms with Gasteiger partial charge in [-0.05, 0) is 24.6 Å². The van der Waals surface area contributed by atoms with Gasteiger partial charge >= 0.3 is 12.1 Å². The van der Waals surface area contributed by atoms with E-state index in [1.54, 1.807) is 6.92 Å². The number of aromatic nitrogens is 3. The molecule has 1 aliphatic rings. The van der Waals surface area contributed by atoms with E-state index in [1.165, 1.54) is 6.07 Å². The van der Waals surface area contributed by atoms with Crippen LogP contribution in [0.5, 0.6) is 0 Å². The fourth-order valence-electron chi connectivity index (χ4n) is 3.89. The number of piperazine rings is 1. The number of anilines is 1. The lowest BCUT2D eigenvalue weighted by Gasteiger charge is -2.38. The number of pyridine rings is 1. The average molecular weight is 457 g/mol. The number of hydrogen-bond donors (Lipinski definition) is 1. The molecule has 3 heterocycles. The van der Waals surface area contributed by atoms with E-state index >= 15 is 0 Å². The van der Waals surface area contributed by atoms with Crippen LogP contribution in [0, 0.1) is 6.92 Å². The van der Waals surface area contributed by atoms with E-state index in [9.17, 15) is 23.1 Å². The Morgan fingerprint density at radius 3 is 2.30 bits per heavy atom. The maximum atomic E-state index is 12.8. The molecule has 1 atom stereocenters. The molecule has 0 spiro atoms. The highest BCUT2D eigenvalue weighted by Crippen LogP contribution is 2.29. The van der Waals surface area contributed by atoms with Crippen molar-refractivity contribution in [1.82, 2.24) is 19.9 Å². The molecule has 1 fully saturated rings. The Morgan fingerprint density at radius 2 is 1.73 bits per heavy atom. The third kappa shape index (κ3) is 5.11. The van der Waals surface area contributed by atoms with E-state index in [0.29, 0.717) is 49.1 Å². The summed E-state index contributed by atoms with van der Waals surface area (Å²) in [7, 11) is 0. The molecule has 172 valence electrons. The van der Waals surface area contributed by atoms with Gasteiger partial charge in [0.25, 0.3) is 0 Å². The van der Waals surface area contributed by atoms with Gasteiger partial charge in [-0.1, -0.05) is 30.3 Å². The van der Waals surface area contributed by atoms with Crippen LogP contribution >= 0.6 is 0 Å². The van der Waals surface area contributed by atoms with Gasteiger partial charge in [-0.2, -0.15) is 13.2 Å². The van der Waals surface area contributed by atoms with Gasteiger partial charge < -0.3 is 10.0 Å². The molecule has 0 bridgehead atoms. The molecular weight excluding hydrogens is 435 g/mol. The number of aliphatic carboxylic acids is 1. The fraction of sp³-hybridized carbons (Fsp3) is 0.304. The van der Waals surface area contributed by atoms with Crippen LogP contribution in [0.25, 0.3) is 11.4 Å². The lowest BCUT2D eigenvalue weighted by atomic mass is 10.0. The van der Waals surface area contributed by atoms with Crippen LogP contribution in [0.1, 0.15) is 23.0 Å². The van der Waals surface area contributed by atoms with Crippen molar-refractivity contribution >= 4 is 11.8 Å². The zero-order valence-electron chi connectivity index (χ0n) is 17.8. The first-order valence-electron chi connectivity index (χ1n) is 10.4. The third-order valence-electron chi connectivity index (χ3n) is 5.51. The van der Waals surface area contributed by atoms with Crippen molar-refractivity contribution in [1.29, 1.82) is 0 Å². The van der Waals surface area contributed by atoms with Crippen molar-refractivity contribution in [2.75, 3.05) is 31.1 Å². The van der Waals surface area contributed by atoms with E-state index in [-0.39, 0.29) is 0 Å². The summed E-state index contributed by atoms with van der Waals surface area (Å²) in [5, 5.41) is 9.78. The van der Waals surface area contributed by atoms with Crippen molar-refractivity contribution < 1.29 is 23.1 Å². The molecule has 1 aromatic carbocycles. The zero-order chi connectivity index (χ0) is 23.6. The van der Waals surface area contributed by atoms with Crippen molar-refractivity contribution in [3.63, 3.8) is 0 Å². The molecule has 0 radical (unpaired) electrons. The van der Waals surface area contributed by atoms with E-state index in [0.717, 1.165) is 17.8 Å². The molecule has 4 rings (SSSR count). The highest BCUT2D eigenvalue weighted by Gasteiger charge is 2.32. The lowest BCUT2D eigenvalue weighted by Crippen LogP contribution is -2.49. The summed E-state index contributed by atoms with van der Waals surface area (Å²) >= 11 is 0. The smallest absolute Gasteiger partial charge is 0.433 e. The maximum Gasteiger partial charge on any atom is 0.433 e. The second-order valence-electron chi connectivity index (χ2n) is 7.80. The van der Waals surface area contributed by atoms with Gasteiger partial charge in [-0.3, -0.25) is 14.7 Å². The summed E-state index contributed by atoms with van der Waals surface area (Å²) in [6.45, 7) is 3.94. The molecule has 0 amide bonds. The number of carboxylic acids is 1. The minimum Gasteiger partial charge on any atom is -0.480 e. The summed E-state index contributed by atoms with van der Waals surface area (Å²) in [4.78, 5) is 28.3. The Labute approximate surface area is 188 Å². The second kappa shape index (κ2) is 9.14. The summed E-state index contributed by atoms with van der Waals surface area (Å²) in [5.74, 6) is 0.0367. The van der Waals surface area contributed by atoms with Gasteiger partial charge in [0.2, 0.25) is 0 Å². The van der Waals surface area contributed by atoms with Crippen LogP contribution in [0.15, 0.2) is 54.7 Å². The first-order valence-corrected chi connectivity index (χ1v) is 10.4. The minimum absolute atomic E-state index is 0.293. The van der Waals surface area contributed by atoms with Crippen LogP contribution in [-0.4, -0.2) is 57.1 Å². The number of carbonyl (C=O) groups is 1. The van der Waals surface area contributed by atoms with Crippen molar-refractivity contribution in [3.05, 3.63) is 71.7 Å². The van der Waals surface area contributed by atoms with Gasteiger partial charge in [0.1, 0.15) is 17.6 Å². The third-order valence-corrected chi connectivity index (χ3v) is 5.51. The van der Waals surface area contributed by atoms with Crippen LogP contribution in [0.2, 0.25) is 0 Å². The van der Waals surface area contributed by atoms with Gasteiger partial charge in [-0.25, -0.2) is 9.97 Å². The Hall–Kier alpha value is -3.53. The minimum atomic E-state index is -4.51. The predicted molar refractivity (Wildman–Crippen MR) is 116 cm³/mol. The van der Waals surface area contributed by atoms with E-state index in [1.807, 2.05) is 46.2 Å².